The normalized spacial score (nSPS) is 11.1. The molecular weight excluding hydrogens is 374 g/mol. The molecule has 0 unspecified atom stereocenters. The maximum Gasteiger partial charge on any atom is 0.255 e. The van der Waals surface area contributed by atoms with E-state index in [9.17, 15) is 13.6 Å². The molecule has 2 aromatic carbocycles. The van der Waals surface area contributed by atoms with Crippen LogP contribution in [0.2, 0.25) is 0 Å². The molecule has 27 heavy (non-hydrogen) atoms. The molecule has 8 heteroatoms. The summed E-state index contributed by atoms with van der Waals surface area (Å²) in [6.45, 7) is 0.0440. The molecule has 0 aliphatic carbocycles. The fourth-order valence-electron chi connectivity index (χ4n) is 2.81. The number of hydrogen-bond donors (Lipinski definition) is 0. The first-order valence-corrected chi connectivity index (χ1v) is 8.33. The molecule has 0 amide bonds. The van der Waals surface area contributed by atoms with Crippen molar-refractivity contribution in [3.05, 3.63) is 77.6 Å². The Morgan fingerprint density at radius 1 is 1.00 bits per heavy atom. The van der Waals surface area contributed by atoms with Crippen molar-refractivity contribution in [2.45, 2.75) is 6.54 Å². The third kappa shape index (κ3) is 3.17. The van der Waals surface area contributed by atoms with Crippen LogP contribution < -0.4 is 0 Å². The van der Waals surface area contributed by atoms with Crippen molar-refractivity contribution in [3.63, 3.8) is 0 Å². The van der Waals surface area contributed by atoms with Crippen LogP contribution in [0.25, 0.3) is 22.4 Å². The zero-order valence-corrected chi connectivity index (χ0v) is 14.5. The van der Waals surface area contributed by atoms with E-state index in [1.807, 2.05) is 0 Å². The highest BCUT2D eigenvalue weighted by Gasteiger charge is 2.18. The molecule has 2 heterocycles. The quantitative estimate of drug-likeness (QED) is 0.495. The van der Waals surface area contributed by atoms with Crippen LogP contribution >= 0.6 is 11.6 Å². The van der Waals surface area contributed by atoms with Crippen LogP contribution in [0.3, 0.4) is 0 Å². The van der Waals surface area contributed by atoms with Gasteiger partial charge in [-0.05, 0) is 23.7 Å². The Labute approximate surface area is 157 Å². The van der Waals surface area contributed by atoms with Gasteiger partial charge in [-0.3, -0.25) is 9.48 Å². The summed E-state index contributed by atoms with van der Waals surface area (Å²) in [5, 5.41) is 4.20. The number of fused-ring (bicyclic) bond motifs is 1. The zero-order valence-electron chi connectivity index (χ0n) is 13.7. The molecule has 0 fully saturated rings. The molecule has 0 aliphatic heterocycles. The van der Waals surface area contributed by atoms with Crippen LogP contribution in [0.15, 0.2) is 54.9 Å². The maximum absolute atomic E-state index is 14.5. The second kappa shape index (κ2) is 6.85. The minimum absolute atomic E-state index is 0.0440. The average Bonchev–Trinajstić information content (AvgIpc) is 3.03. The predicted molar refractivity (Wildman–Crippen MR) is 96.4 cm³/mol. The number of carbonyl (C=O) groups is 1. The molecule has 0 bridgehead atoms. The topological polar surface area (TPSA) is 60.7 Å². The van der Waals surface area contributed by atoms with Crippen molar-refractivity contribution in [3.8, 4) is 11.5 Å². The van der Waals surface area contributed by atoms with E-state index in [1.165, 1.54) is 29.2 Å². The number of rotatable bonds is 4. The summed E-state index contributed by atoms with van der Waals surface area (Å²) in [6.07, 6.45) is 2.55. The molecular formula is C19H11ClF2N4O. The Hall–Kier alpha value is -3.19. The van der Waals surface area contributed by atoms with Crippen molar-refractivity contribution in [2.24, 2.45) is 0 Å². The fraction of sp³-hybridized carbons (Fsp3) is 0.0526. The maximum atomic E-state index is 14.5. The molecule has 0 radical (unpaired) electrons. The number of aromatic nitrogens is 4. The Bertz CT molecular complexity index is 1160. The molecule has 2 aromatic heterocycles. The third-order valence-corrected chi connectivity index (χ3v) is 4.31. The molecule has 0 spiro atoms. The minimum atomic E-state index is -0.678. The third-order valence-electron chi connectivity index (χ3n) is 4.09. The highest BCUT2D eigenvalue weighted by molar-refractivity contribution is 6.67. The smallest absolute Gasteiger partial charge is 0.255 e. The van der Waals surface area contributed by atoms with Crippen molar-refractivity contribution < 1.29 is 13.6 Å². The van der Waals surface area contributed by atoms with Gasteiger partial charge in [0.05, 0.1) is 12.1 Å². The van der Waals surface area contributed by atoms with E-state index in [2.05, 4.69) is 15.1 Å². The van der Waals surface area contributed by atoms with Crippen LogP contribution in [-0.4, -0.2) is 25.0 Å². The first-order chi connectivity index (χ1) is 13.0. The van der Waals surface area contributed by atoms with Crippen molar-refractivity contribution in [1.82, 2.24) is 19.7 Å². The molecule has 134 valence electrons. The second-order valence-corrected chi connectivity index (χ2v) is 6.15. The molecule has 4 aromatic rings. The number of para-hydroxylation sites is 1. The number of benzene rings is 2. The summed E-state index contributed by atoms with van der Waals surface area (Å²) < 4.78 is 29.9. The van der Waals surface area contributed by atoms with Crippen LogP contribution in [0, 0.1) is 11.6 Å². The largest absolute Gasteiger partial charge is 0.275 e. The predicted octanol–water partition coefficient (Wildman–Crippen LogP) is 4.20. The van der Waals surface area contributed by atoms with Crippen LogP contribution in [0.1, 0.15) is 15.9 Å². The van der Waals surface area contributed by atoms with Crippen molar-refractivity contribution in [1.29, 1.82) is 0 Å². The first-order valence-electron chi connectivity index (χ1n) is 7.95. The first kappa shape index (κ1) is 17.2. The van der Waals surface area contributed by atoms with Gasteiger partial charge in [0.1, 0.15) is 22.8 Å². The lowest BCUT2D eigenvalue weighted by Crippen LogP contribution is -2.05. The molecule has 0 atom stereocenters. The van der Waals surface area contributed by atoms with Gasteiger partial charge in [0, 0.05) is 23.3 Å². The summed E-state index contributed by atoms with van der Waals surface area (Å²) >= 11 is 5.40. The molecule has 0 N–H and O–H groups in total. The lowest BCUT2D eigenvalue weighted by Gasteiger charge is -2.05. The van der Waals surface area contributed by atoms with E-state index in [4.69, 9.17) is 11.6 Å². The van der Waals surface area contributed by atoms with Gasteiger partial charge < -0.3 is 0 Å². The van der Waals surface area contributed by atoms with E-state index >= 15 is 0 Å². The van der Waals surface area contributed by atoms with E-state index in [0.29, 0.717) is 16.6 Å². The fourth-order valence-corrected chi connectivity index (χ4v) is 2.91. The Morgan fingerprint density at radius 3 is 2.41 bits per heavy atom. The van der Waals surface area contributed by atoms with Crippen LogP contribution in [-0.2, 0) is 6.54 Å². The number of hydrogen-bond acceptors (Lipinski definition) is 4. The van der Waals surface area contributed by atoms with Crippen LogP contribution in [0.4, 0.5) is 8.78 Å². The average molecular weight is 385 g/mol. The van der Waals surface area contributed by atoms with Gasteiger partial charge in [-0.25, -0.2) is 18.7 Å². The van der Waals surface area contributed by atoms with Gasteiger partial charge in [0.15, 0.2) is 5.82 Å². The van der Waals surface area contributed by atoms with E-state index in [-0.39, 0.29) is 23.4 Å². The molecule has 5 nitrogen and oxygen atoms in total. The number of halogens is 3. The lowest BCUT2D eigenvalue weighted by molar-refractivity contribution is 0.108. The highest BCUT2D eigenvalue weighted by Crippen LogP contribution is 2.28. The monoisotopic (exact) mass is 384 g/mol. The molecule has 0 aliphatic rings. The highest BCUT2D eigenvalue weighted by atomic mass is 35.5. The molecule has 0 saturated carbocycles. The van der Waals surface area contributed by atoms with Gasteiger partial charge >= 0.3 is 0 Å². The minimum Gasteiger partial charge on any atom is -0.275 e. The summed E-state index contributed by atoms with van der Waals surface area (Å²) in [6, 6.07) is 10.8. The number of carbonyl (C=O) groups excluding carboxylic acids is 1. The number of nitrogens with zero attached hydrogens (tertiary/aromatic N) is 4. The molecule has 0 saturated heterocycles. The Balaban J connectivity index is 1.86. The van der Waals surface area contributed by atoms with Crippen molar-refractivity contribution in [2.75, 3.05) is 0 Å². The zero-order chi connectivity index (χ0) is 19.0. The van der Waals surface area contributed by atoms with E-state index in [1.54, 1.807) is 30.3 Å². The van der Waals surface area contributed by atoms with Gasteiger partial charge in [-0.15, -0.1) is 0 Å². The van der Waals surface area contributed by atoms with Gasteiger partial charge in [-0.2, -0.15) is 5.10 Å². The van der Waals surface area contributed by atoms with Crippen molar-refractivity contribution >= 4 is 27.7 Å². The SMILES string of the molecule is O=C(Cl)c1cnc(-c2nn(Cc3ccccc3F)c3c(F)cccc23)nc1. The Kier molecular flexibility index (Phi) is 4.37. The summed E-state index contributed by atoms with van der Waals surface area (Å²) in [5.74, 6) is -0.685. The van der Waals surface area contributed by atoms with Crippen LogP contribution in [0.5, 0.6) is 0 Å². The second-order valence-electron chi connectivity index (χ2n) is 5.80. The summed E-state index contributed by atoms with van der Waals surface area (Å²) in [7, 11) is 0. The van der Waals surface area contributed by atoms with Gasteiger partial charge in [0.25, 0.3) is 5.24 Å². The van der Waals surface area contributed by atoms with E-state index < -0.39 is 16.9 Å². The Morgan fingerprint density at radius 2 is 1.70 bits per heavy atom. The summed E-state index contributed by atoms with van der Waals surface area (Å²) in [4.78, 5) is 19.4. The van der Waals surface area contributed by atoms with E-state index in [0.717, 1.165) is 0 Å². The molecule has 4 rings (SSSR count). The summed E-state index contributed by atoms with van der Waals surface area (Å²) in [5.41, 5.74) is 1.06. The van der Waals surface area contributed by atoms with Gasteiger partial charge in [-0.1, -0.05) is 30.3 Å². The van der Waals surface area contributed by atoms with Gasteiger partial charge in [0.2, 0.25) is 0 Å². The lowest BCUT2D eigenvalue weighted by atomic mass is 10.2. The standard InChI is InChI=1S/C19H11ClF2N4O/c20-18(27)12-8-23-19(24-9-12)16-13-5-3-7-15(22)17(13)26(25-16)10-11-4-1-2-6-14(11)21/h1-9H,10H2.